The zero-order valence-electron chi connectivity index (χ0n) is 20.4. The lowest BCUT2D eigenvalue weighted by molar-refractivity contribution is -0.125. The summed E-state index contributed by atoms with van der Waals surface area (Å²) >= 11 is 0. The van der Waals surface area contributed by atoms with Crippen molar-refractivity contribution >= 4 is 11.9 Å². The fourth-order valence-electron chi connectivity index (χ4n) is 8.54. The van der Waals surface area contributed by atoms with Gasteiger partial charge in [-0.1, -0.05) is 92.1 Å². The normalized spacial score (nSPS) is 33.3. The summed E-state index contributed by atoms with van der Waals surface area (Å²) in [6, 6.07) is 22.9. The van der Waals surface area contributed by atoms with E-state index in [2.05, 4.69) is 47.8 Å². The molecule has 5 nitrogen and oxygen atoms in total. The number of imide groups is 1. The number of hydrogen-bond donors (Lipinski definition) is 1. The second kappa shape index (κ2) is 7.20. The quantitative estimate of drug-likeness (QED) is 0.616. The average molecular weight is 476 g/mol. The van der Waals surface area contributed by atoms with E-state index >= 15 is 0 Å². The number of hydrogen-bond acceptors (Lipinski definition) is 3. The molecule has 2 unspecified atom stereocenters. The third-order valence-corrected chi connectivity index (χ3v) is 9.75. The van der Waals surface area contributed by atoms with E-state index in [1.165, 1.54) is 11.3 Å². The molecule has 7 rings (SSSR count). The van der Waals surface area contributed by atoms with Crippen molar-refractivity contribution in [1.82, 2.24) is 10.2 Å². The largest absolute Gasteiger partial charge is 0.335 e. The van der Waals surface area contributed by atoms with Crippen molar-refractivity contribution in [2.75, 3.05) is 0 Å². The van der Waals surface area contributed by atoms with E-state index in [-0.39, 0.29) is 29.8 Å². The topological polar surface area (TPSA) is 73.2 Å². The maximum atomic E-state index is 14.0. The molecule has 0 bridgehead atoms. The molecular weight excluding hydrogens is 446 g/mol. The molecule has 4 aliphatic carbocycles. The zero-order chi connectivity index (χ0) is 24.7. The third kappa shape index (κ3) is 2.19. The predicted octanol–water partition coefficient (Wildman–Crippen LogP) is 5.25. The molecule has 2 aromatic carbocycles. The van der Waals surface area contributed by atoms with Crippen LogP contribution < -0.4 is 5.32 Å². The first kappa shape index (κ1) is 21.6. The standard InChI is InChI=1S/C31H29N3O2/c1-20-26-30(21-11-5-2-6-12-21,22-13-7-3-8-14-22)24-17-18-25-29(24,19-32)31(25,26)34(27(20)35)28(36)33-23-15-9-4-10-16-23/h2-3,5-8,11-14,17-18,23-25H,4,9-10,15-16H2,1H3,(H,33,36)/t24-,25?,29-,31?/m0/s1. The predicted molar refractivity (Wildman–Crippen MR) is 136 cm³/mol. The summed E-state index contributed by atoms with van der Waals surface area (Å²) < 4.78 is 0. The van der Waals surface area contributed by atoms with Crippen LogP contribution in [0.2, 0.25) is 0 Å². The number of carbonyl (C=O) groups excluding carboxylic acids is 2. The number of nitriles is 1. The Labute approximate surface area is 211 Å². The molecule has 1 heterocycles. The smallest absolute Gasteiger partial charge is 0.325 e. The van der Waals surface area contributed by atoms with Gasteiger partial charge in [0.25, 0.3) is 5.91 Å². The van der Waals surface area contributed by atoms with Crippen molar-refractivity contribution in [2.45, 2.75) is 56.0 Å². The van der Waals surface area contributed by atoms with Crippen LogP contribution >= 0.6 is 0 Å². The molecule has 3 amide bonds. The fraction of sp³-hybridized carbons (Fsp3) is 0.387. The second-order valence-electron chi connectivity index (χ2n) is 11.1. The summed E-state index contributed by atoms with van der Waals surface area (Å²) in [6.45, 7) is 1.86. The molecule has 1 aliphatic heterocycles. The maximum absolute atomic E-state index is 14.0. The number of urea groups is 1. The SMILES string of the molecule is CC1=C2C(c3ccccc3)(c3ccccc3)[C@H]3C=CC4C2(N(C(=O)NC2CCCCC2)C1=O)[C@]43C#N. The molecule has 2 aromatic rings. The summed E-state index contributed by atoms with van der Waals surface area (Å²) in [7, 11) is 0. The van der Waals surface area contributed by atoms with Gasteiger partial charge in [-0.3, -0.25) is 4.79 Å². The molecule has 36 heavy (non-hydrogen) atoms. The molecule has 3 saturated carbocycles. The Bertz CT molecular complexity index is 1340. The van der Waals surface area contributed by atoms with Crippen molar-refractivity contribution in [1.29, 1.82) is 5.26 Å². The van der Waals surface area contributed by atoms with Crippen LogP contribution in [0, 0.1) is 28.6 Å². The van der Waals surface area contributed by atoms with Crippen LogP contribution in [-0.4, -0.2) is 28.4 Å². The molecule has 1 spiro atoms. The van der Waals surface area contributed by atoms with Gasteiger partial charge in [-0.25, -0.2) is 9.69 Å². The van der Waals surface area contributed by atoms with Crippen LogP contribution in [0.3, 0.4) is 0 Å². The van der Waals surface area contributed by atoms with E-state index in [1.54, 1.807) is 0 Å². The summed E-state index contributed by atoms with van der Waals surface area (Å²) in [5.74, 6) is -0.604. The first-order valence-corrected chi connectivity index (χ1v) is 13.1. The molecule has 5 aliphatic rings. The van der Waals surface area contributed by atoms with Gasteiger partial charge in [0.2, 0.25) is 0 Å². The van der Waals surface area contributed by atoms with Gasteiger partial charge in [-0.2, -0.15) is 5.26 Å². The van der Waals surface area contributed by atoms with E-state index in [1.807, 2.05) is 43.3 Å². The number of allylic oxidation sites excluding steroid dienone is 1. The Morgan fingerprint density at radius 3 is 2.11 bits per heavy atom. The summed E-state index contributed by atoms with van der Waals surface area (Å²) in [4.78, 5) is 29.4. The number of carbonyl (C=O) groups is 2. The van der Waals surface area contributed by atoms with Gasteiger partial charge in [0.05, 0.1) is 11.5 Å². The van der Waals surface area contributed by atoms with Crippen molar-refractivity contribution in [3.63, 3.8) is 0 Å². The van der Waals surface area contributed by atoms with E-state index in [0.717, 1.165) is 42.4 Å². The highest BCUT2D eigenvalue weighted by atomic mass is 16.2. The summed E-state index contributed by atoms with van der Waals surface area (Å²) in [5.41, 5.74) is 1.18. The van der Waals surface area contributed by atoms with E-state index in [9.17, 15) is 14.9 Å². The van der Waals surface area contributed by atoms with Crippen molar-refractivity contribution in [3.8, 4) is 6.07 Å². The lowest BCUT2D eigenvalue weighted by Gasteiger charge is -2.40. The lowest BCUT2D eigenvalue weighted by Crippen LogP contribution is -2.53. The van der Waals surface area contributed by atoms with Gasteiger partial charge in [-0.05, 0) is 36.5 Å². The average Bonchev–Trinajstić information content (AvgIpc) is 3.10. The van der Waals surface area contributed by atoms with Gasteiger partial charge >= 0.3 is 6.03 Å². The number of benzene rings is 2. The monoisotopic (exact) mass is 475 g/mol. The number of nitrogens with zero attached hydrogens (tertiary/aromatic N) is 2. The molecule has 1 N–H and O–H groups in total. The van der Waals surface area contributed by atoms with Gasteiger partial charge in [0.15, 0.2) is 0 Å². The Hall–Kier alpha value is -3.65. The number of nitrogens with one attached hydrogen (secondary N) is 1. The summed E-state index contributed by atoms with van der Waals surface area (Å²) in [5, 5.41) is 14.0. The van der Waals surface area contributed by atoms with Gasteiger partial charge in [-0.15, -0.1) is 0 Å². The van der Waals surface area contributed by atoms with Crippen LogP contribution in [0.5, 0.6) is 0 Å². The van der Waals surface area contributed by atoms with Crippen LogP contribution in [0.25, 0.3) is 0 Å². The molecule has 0 aromatic heterocycles. The van der Waals surface area contributed by atoms with Crippen molar-refractivity contribution in [3.05, 3.63) is 95.1 Å². The molecule has 0 saturated heterocycles. The molecule has 4 atom stereocenters. The first-order chi connectivity index (χ1) is 17.6. The highest BCUT2D eigenvalue weighted by Crippen LogP contribution is 2.88. The molecule has 0 radical (unpaired) electrons. The zero-order valence-corrected chi connectivity index (χ0v) is 20.4. The fourth-order valence-corrected chi connectivity index (χ4v) is 8.54. The van der Waals surface area contributed by atoms with Crippen LogP contribution in [0.15, 0.2) is 84.0 Å². The summed E-state index contributed by atoms with van der Waals surface area (Å²) in [6.07, 6.45) is 9.53. The van der Waals surface area contributed by atoms with E-state index < -0.39 is 16.4 Å². The minimum atomic E-state index is -0.938. The Balaban J connectivity index is 1.46. The lowest BCUT2D eigenvalue weighted by atomic mass is 9.61. The highest BCUT2D eigenvalue weighted by molar-refractivity contribution is 6.11. The number of amides is 3. The van der Waals surface area contributed by atoms with Gasteiger partial charge < -0.3 is 5.32 Å². The Morgan fingerprint density at radius 1 is 0.944 bits per heavy atom. The molecule has 5 heteroatoms. The van der Waals surface area contributed by atoms with Crippen molar-refractivity contribution < 1.29 is 9.59 Å². The minimum Gasteiger partial charge on any atom is -0.335 e. The molecule has 3 fully saturated rings. The Morgan fingerprint density at radius 2 is 1.53 bits per heavy atom. The van der Waals surface area contributed by atoms with E-state index in [4.69, 9.17) is 0 Å². The third-order valence-electron chi connectivity index (χ3n) is 9.75. The van der Waals surface area contributed by atoms with Crippen molar-refractivity contribution in [2.24, 2.45) is 17.3 Å². The molecular formula is C31H29N3O2. The maximum Gasteiger partial charge on any atom is 0.325 e. The second-order valence-corrected chi connectivity index (χ2v) is 11.1. The molecule has 180 valence electrons. The van der Waals surface area contributed by atoms with Crippen LogP contribution in [0.1, 0.15) is 50.2 Å². The van der Waals surface area contributed by atoms with Crippen LogP contribution in [0.4, 0.5) is 4.79 Å². The van der Waals surface area contributed by atoms with Gasteiger partial charge in [0.1, 0.15) is 11.0 Å². The van der Waals surface area contributed by atoms with Crippen LogP contribution in [-0.2, 0) is 10.2 Å². The van der Waals surface area contributed by atoms with E-state index in [0.29, 0.717) is 5.57 Å². The first-order valence-electron chi connectivity index (χ1n) is 13.1. The van der Waals surface area contributed by atoms with Gasteiger partial charge in [0, 0.05) is 23.5 Å². The minimum absolute atomic E-state index is 0.0807. The number of rotatable bonds is 3. The highest BCUT2D eigenvalue weighted by Gasteiger charge is 2.96. The Kier molecular flexibility index (Phi) is 4.32.